The lowest BCUT2D eigenvalue weighted by Gasteiger charge is -2.33. The molecule has 0 bridgehead atoms. The first kappa shape index (κ1) is 25.7. The molecule has 0 aromatic heterocycles. The van der Waals surface area contributed by atoms with Crippen LogP contribution in [0.4, 0.5) is 5.69 Å². The van der Waals surface area contributed by atoms with E-state index in [0.717, 1.165) is 4.90 Å². The Bertz CT molecular complexity index is 1110. The lowest BCUT2D eigenvalue weighted by atomic mass is 10.1. The van der Waals surface area contributed by atoms with Crippen LogP contribution in [0.5, 0.6) is 11.5 Å². The number of imide groups is 1. The van der Waals surface area contributed by atoms with Crippen LogP contribution in [0.3, 0.4) is 0 Å². The van der Waals surface area contributed by atoms with Gasteiger partial charge in [-0.3, -0.25) is 14.4 Å². The van der Waals surface area contributed by atoms with Crippen molar-refractivity contribution in [1.82, 2.24) is 4.90 Å². The summed E-state index contributed by atoms with van der Waals surface area (Å²) in [6.07, 6.45) is 0.451. The third-order valence-corrected chi connectivity index (χ3v) is 6.03. The van der Waals surface area contributed by atoms with Gasteiger partial charge in [0.2, 0.25) is 5.91 Å². The Morgan fingerprint density at radius 1 is 1.00 bits per heavy atom. The fraction of sp³-hybridized carbons (Fsp3) is 0.385. The Morgan fingerprint density at radius 3 is 2.20 bits per heavy atom. The fourth-order valence-electron chi connectivity index (χ4n) is 4.03. The van der Waals surface area contributed by atoms with E-state index in [0.29, 0.717) is 34.7 Å². The van der Waals surface area contributed by atoms with Gasteiger partial charge < -0.3 is 19.1 Å². The summed E-state index contributed by atoms with van der Waals surface area (Å²) in [7, 11) is 2.98. The van der Waals surface area contributed by atoms with Crippen LogP contribution in [-0.2, 0) is 14.3 Å². The van der Waals surface area contributed by atoms with Crippen molar-refractivity contribution in [2.75, 3.05) is 25.7 Å². The minimum Gasteiger partial charge on any atom is -0.493 e. The molecule has 2 atom stereocenters. The van der Waals surface area contributed by atoms with E-state index in [2.05, 4.69) is 0 Å². The molecule has 3 rings (SSSR count). The number of methoxy groups -OCH3 is 2. The summed E-state index contributed by atoms with van der Waals surface area (Å²) in [5.41, 5.74) is 0.967. The number of rotatable bonds is 9. The number of benzene rings is 2. The van der Waals surface area contributed by atoms with Gasteiger partial charge in [0, 0.05) is 11.6 Å². The average molecular weight is 483 g/mol. The minimum atomic E-state index is -0.956. The van der Waals surface area contributed by atoms with E-state index in [9.17, 15) is 19.2 Å². The maximum atomic E-state index is 13.6. The SMILES string of the molecule is CCOC(=O)c1ccc(N2C(=O)CC(N(C(=O)c3ccc(OC)c(OC)c3)C(C)CC)C2=O)cc1. The second-order valence-corrected chi connectivity index (χ2v) is 8.09. The number of anilines is 1. The van der Waals surface area contributed by atoms with Crippen LogP contribution < -0.4 is 14.4 Å². The Labute approximate surface area is 204 Å². The summed E-state index contributed by atoms with van der Waals surface area (Å²) < 4.78 is 15.5. The number of carbonyl (C=O) groups excluding carboxylic acids is 4. The second kappa shape index (κ2) is 11.0. The Hall–Kier alpha value is -3.88. The molecule has 1 fully saturated rings. The molecule has 35 heavy (non-hydrogen) atoms. The molecule has 2 aromatic rings. The van der Waals surface area contributed by atoms with Crippen molar-refractivity contribution in [2.45, 2.75) is 45.7 Å². The third-order valence-electron chi connectivity index (χ3n) is 6.03. The summed E-state index contributed by atoms with van der Waals surface area (Å²) in [4.78, 5) is 54.4. The predicted octanol–water partition coefficient (Wildman–Crippen LogP) is 3.45. The normalized spacial score (nSPS) is 16.1. The topological polar surface area (TPSA) is 102 Å². The number of ether oxygens (including phenoxy) is 3. The zero-order valence-electron chi connectivity index (χ0n) is 20.6. The van der Waals surface area contributed by atoms with Gasteiger partial charge in [-0.05, 0) is 62.7 Å². The van der Waals surface area contributed by atoms with Gasteiger partial charge in [0.25, 0.3) is 11.8 Å². The fourth-order valence-corrected chi connectivity index (χ4v) is 4.03. The van der Waals surface area contributed by atoms with Crippen LogP contribution in [0.1, 0.15) is 54.3 Å². The number of amides is 3. The summed E-state index contributed by atoms with van der Waals surface area (Å²) in [5.74, 6) is -0.918. The van der Waals surface area contributed by atoms with Gasteiger partial charge in [0.15, 0.2) is 11.5 Å². The van der Waals surface area contributed by atoms with Crippen LogP contribution in [0.2, 0.25) is 0 Å². The number of carbonyl (C=O) groups is 4. The van der Waals surface area contributed by atoms with Crippen LogP contribution in [0.25, 0.3) is 0 Å². The molecule has 186 valence electrons. The molecule has 0 radical (unpaired) electrons. The Balaban J connectivity index is 1.91. The molecule has 1 aliphatic heterocycles. The van der Waals surface area contributed by atoms with Gasteiger partial charge in [-0.15, -0.1) is 0 Å². The third kappa shape index (κ3) is 5.13. The van der Waals surface area contributed by atoms with E-state index < -0.39 is 23.8 Å². The van der Waals surface area contributed by atoms with Crippen molar-refractivity contribution in [3.8, 4) is 11.5 Å². The summed E-state index contributed by atoms with van der Waals surface area (Å²) >= 11 is 0. The highest BCUT2D eigenvalue weighted by Gasteiger charge is 2.45. The molecule has 2 aromatic carbocycles. The molecule has 2 unspecified atom stereocenters. The zero-order valence-corrected chi connectivity index (χ0v) is 20.6. The maximum Gasteiger partial charge on any atom is 0.338 e. The van der Waals surface area contributed by atoms with Crippen LogP contribution in [0.15, 0.2) is 42.5 Å². The number of esters is 1. The standard InChI is InChI=1S/C26H30N2O7/c1-6-16(3)27(24(30)18-10-13-21(33-4)22(14-18)34-5)20-15-23(29)28(25(20)31)19-11-8-17(9-12-19)26(32)35-7-2/h8-14,16,20H,6-7,15H2,1-5H3. The maximum absolute atomic E-state index is 13.6. The first-order valence-electron chi connectivity index (χ1n) is 11.5. The van der Waals surface area contributed by atoms with E-state index in [1.807, 2.05) is 13.8 Å². The molecule has 9 nitrogen and oxygen atoms in total. The summed E-state index contributed by atoms with van der Waals surface area (Å²) in [6.45, 7) is 5.70. The molecule has 3 amide bonds. The lowest BCUT2D eigenvalue weighted by Crippen LogP contribution is -2.49. The van der Waals surface area contributed by atoms with E-state index >= 15 is 0 Å². The summed E-state index contributed by atoms with van der Waals surface area (Å²) in [6, 6.07) is 9.58. The van der Waals surface area contributed by atoms with Crippen molar-refractivity contribution >= 4 is 29.4 Å². The van der Waals surface area contributed by atoms with Crippen molar-refractivity contribution in [3.05, 3.63) is 53.6 Å². The largest absolute Gasteiger partial charge is 0.493 e. The molecule has 0 spiro atoms. The van der Waals surface area contributed by atoms with Crippen LogP contribution in [-0.4, -0.2) is 61.5 Å². The molecule has 9 heteroatoms. The summed E-state index contributed by atoms with van der Waals surface area (Å²) in [5, 5.41) is 0. The van der Waals surface area contributed by atoms with Gasteiger partial charge in [0.05, 0.1) is 38.5 Å². The van der Waals surface area contributed by atoms with Crippen LogP contribution in [0, 0.1) is 0 Å². The van der Waals surface area contributed by atoms with Gasteiger partial charge >= 0.3 is 5.97 Å². The van der Waals surface area contributed by atoms with Gasteiger partial charge in [0.1, 0.15) is 6.04 Å². The quantitative estimate of drug-likeness (QED) is 0.398. The Kier molecular flexibility index (Phi) is 8.11. The first-order chi connectivity index (χ1) is 16.8. The zero-order chi connectivity index (χ0) is 25.7. The molecule has 1 heterocycles. The molecular formula is C26H30N2O7. The highest BCUT2D eigenvalue weighted by molar-refractivity contribution is 6.23. The van der Waals surface area contributed by atoms with Crippen LogP contribution >= 0.6 is 0 Å². The molecule has 0 N–H and O–H groups in total. The minimum absolute atomic E-state index is 0.137. The Morgan fingerprint density at radius 2 is 1.63 bits per heavy atom. The predicted molar refractivity (Wildman–Crippen MR) is 129 cm³/mol. The van der Waals surface area contributed by atoms with Crippen molar-refractivity contribution in [3.63, 3.8) is 0 Å². The molecule has 0 saturated carbocycles. The van der Waals surface area contributed by atoms with Crippen molar-refractivity contribution < 1.29 is 33.4 Å². The molecule has 1 aliphatic rings. The number of nitrogens with zero attached hydrogens (tertiary/aromatic N) is 2. The second-order valence-electron chi connectivity index (χ2n) is 8.09. The van der Waals surface area contributed by atoms with Gasteiger partial charge in [-0.1, -0.05) is 6.92 Å². The number of hydrogen-bond donors (Lipinski definition) is 0. The van der Waals surface area contributed by atoms with E-state index in [1.54, 1.807) is 25.1 Å². The van der Waals surface area contributed by atoms with Gasteiger partial charge in [-0.2, -0.15) is 0 Å². The number of hydrogen-bond acceptors (Lipinski definition) is 7. The first-order valence-corrected chi connectivity index (χ1v) is 11.5. The smallest absolute Gasteiger partial charge is 0.338 e. The van der Waals surface area contributed by atoms with E-state index in [-0.39, 0.29) is 25.0 Å². The van der Waals surface area contributed by atoms with Crippen molar-refractivity contribution in [2.24, 2.45) is 0 Å². The van der Waals surface area contributed by atoms with E-state index in [4.69, 9.17) is 14.2 Å². The van der Waals surface area contributed by atoms with E-state index in [1.165, 1.54) is 43.4 Å². The highest BCUT2D eigenvalue weighted by Crippen LogP contribution is 2.31. The van der Waals surface area contributed by atoms with Gasteiger partial charge in [-0.25, -0.2) is 9.69 Å². The highest BCUT2D eigenvalue weighted by atomic mass is 16.5. The molecular weight excluding hydrogens is 452 g/mol. The molecule has 1 saturated heterocycles. The monoisotopic (exact) mass is 482 g/mol. The average Bonchev–Trinajstić information content (AvgIpc) is 3.16. The van der Waals surface area contributed by atoms with Crippen molar-refractivity contribution in [1.29, 1.82) is 0 Å². The molecule has 0 aliphatic carbocycles. The lowest BCUT2D eigenvalue weighted by molar-refractivity contribution is -0.122.